The number of fused-ring (bicyclic) bond motifs is 1. The average molecular weight is 540 g/mol. The molecule has 0 atom stereocenters. The molecule has 1 aromatic heterocycles. The Morgan fingerprint density at radius 3 is 2.20 bits per heavy atom. The number of methoxy groups -OCH3 is 1. The van der Waals surface area contributed by atoms with Crippen LogP contribution in [0.25, 0.3) is 10.2 Å². The van der Waals surface area contributed by atoms with Gasteiger partial charge in [0.25, 0.3) is 5.91 Å². The second kappa shape index (κ2) is 10.0. The van der Waals surface area contributed by atoms with Gasteiger partial charge in [-0.05, 0) is 56.3 Å². The second-order valence-electron chi connectivity index (χ2n) is 8.00. The Bertz CT molecular complexity index is 1570. The van der Waals surface area contributed by atoms with Gasteiger partial charge in [0, 0.05) is 24.9 Å². The fourth-order valence-electron chi connectivity index (χ4n) is 3.08. The van der Waals surface area contributed by atoms with Crippen molar-refractivity contribution in [2.45, 2.75) is 36.2 Å². The maximum absolute atomic E-state index is 12.9. The third-order valence-corrected chi connectivity index (χ3v) is 9.50. The van der Waals surface area contributed by atoms with Gasteiger partial charge < -0.3 is 9.30 Å². The monoisotopic (exact) mass is 539 g/mol. The van der Waals surface area contributed by atoms with Crippen molar-refractivity contribution >= 4 is 53.3 Å². The van der Waals surface area contributed by atoms with Gasteiger partial charge in [0.1, 0.15) is 6.54 Å². The van der Waals surface area contributed by atoms with Crippen molar-refractivity contribution < 1.29 is 31.2 Å². The summed E-state index contributed by atoms with van der Waals surface area (Å²) in [4.78, 5) is 29.3. The number of aromatic nitrogens is 1. The zero-order valence-electron chi connectivity index (χ0n) is 19.8. The first-order chi connectivity index (χ1) is 16.3. The average Bonchev–Trinajstić information content (AvgIpc) is 3.13. The number of esters is 1. The molecule has 3 aromatic rings. The molecule has 0 radical (unpaired) electrons. The molecule has 10 nitrogen and oxygen atoms in total. The molecule has 0 aliphatic heterocycles. The van der Waals surface area contributed by atoms with Crippen molar-refractivity contribution in [3.63, 3.8) is 0 Å². The number of hydrogen-bond donors (Lipinski definition) is 0. The van der Waals surface area contributed by atoms with Gasteiger partial charge in [0.05, 0.1) is 27.1 Å². The number of benzene rings is 2. The van der Waals surface area contributed by atoms with Crippen molar-refractivity contribution in [3.05, 3.63) is 52.8 Å². The van der Waals surface area contributed by atoms with Crippen LogP contribution in [0.3, 0.4) is 0 Å². The van der Waals surface area contributed by atoms with E-state index in [1.54, 1.807) is 19.9 Å². The van der Waals surface area contributed by atoms with Crippen LogP contribution in [0.4, 0.5) is 0 Å². The third-order valence-electron chi connectivity index (χ3n) is 5.30. The number of sulfone groups is 1. The Morgan fingerprint density at radius 1 is 1.06 bits per heavy atom. The number of thiazole rings is 1. The second-order valence-corrected chi connectivity index (χ2v) is 13.0. The fraction of sp³-hybridized carbons (Fsp3) is 0.318. The molecule has 0 unspecified atom stereocenters. The van der Waals surface area contributed by atoms with Crippen LogP contribution >= 0.6 is 11.3 Å². The summed E-state index contributed by atoms with van der Waals surface area (Å²) in [5, 5.41) is 0. The molecule has 0 saturated heterocycles. The highest BCUT2D eigenvalue weighted by Crippen LogP contribution is 2.22. The highest BCUT2D eigenvalue weighted by atomic mass is 32.2. The summed E-state index contributed by atoms with van der Waals surface area (Å²) in [6.45, 7) is 3.27. The quantitative estimate of drug-likeness (QED) is 0.420. The minimum absolute atomic E-state index is 0.0428. The van der Waals surface area contributed by atoms with Crippen molar-refractivity contribution in [3.8, 4) is 0 Å². The first-order valence-electron chi connectivity index (χ1n) is 10.3. The van der Waals surface area contributed by atoms with Crippen LogP contribution in [0.2, 0.25) is 0 Å². The van der Waals surface area contributed by atoms with Crippen LogP contribution in [0.5, 0.6) is 0 Å². The summed E-state index contributed by atoms with van der Waals surface area (Å²) in [7, 11) is -4.46. The van der Waals surface area contributed by atoms with Crippen molar-refractivity contribution in [1.82, 2.24) is 8.87 Å². The molecule has 0 saturated carbocycles. The van der Waals surface area contributed by atoms with E-state index in [4.69, 9.17) is 4.74 Å². The largest absolute Gasteiger partial charge is 0.468 e. The van der Waals surface area contributed by atoms with Crippen LogP contribution in [0, 0.1) is 0 Å². The highest BCUT2D eigenvalue weighted by molar-refractivity contribution is 7.90. The molecule has 188 valence electrons. The van der Waals surface area contributed by atoms with E-state index in [0.29, 0.717) is 10.2 Å². The molecule has 0 spiro atoms. The van der Waals surface area contributed by atoms with Crippen LogP contribution < -0.4 is 4.80 Å². The third kappa shape index (κ3) is 5.69. The van der Waals surface area contributed by atoms with Gasteiger partial charge in [-0.15, -0.1) is 0 Å². The van der Waals surface area contributed by atoms with Gasteiger partial charge in [-0.3, -0.25) is 9.59 Å². The topological polar surface area (TPSA) is 132 Å². The van der Waals surface area contributed by atoms with E-state index >= 15 is 0 Å². The first-order valence-corrected chi connectivity index (χ1v) is 14.5. The van der Waals surface area contributed by atoms with Crippen LogP contribution in [-0.4, -0.2) is 64.0 Å². The summed E-state index contributed by atoms with van der Waals surface area (Å²) >= 11 is 1.04. The number of sulfonamides is 1. The highest BCUT2D eigenvalue weighted by Gasteiger charge is 2.23. The fourth-order valence-corrected chi connectivity index (χ4v) is 6.24. The predicted molar refractivity (Wildman–Crippen MR) is 131 cm³/mol. The van der Waals surface area contributed by atoms with Gasteiger partial charge in [-0.25, -0.2) is 16.8 Å². The first kappa shape index (κ1) is 26.7. The molecular weight excluding hydrogens is 514 g/mol. The molecule has 0 N–H and O–H groups in total. The Kier molecular flexibility index (Phi) is 7.65. The van der Waals surface area contributed by atoms with Crippen LogP contribution in [0.15, 0.2) is 57.2 Å². The van der Waals surface area contributed by atoms with Crippen molar-refractivity contribution in [2.24, 2.45) is 4.99 Å². The summed E-state index contributed by atoms with van der Waals surface area (Å²) in [5.41, 5.74) is 0.660. The van der Waals surface area contributed by atoms with E-state index in [9.17, 15) is 26.4 Å². The van der Waals surface area contributed by atoms with Crippen LogP contribution in [-0.2, 0) is 35.9 Å². The van der Waals surface area contributed by atoms with Gasteiger partial charge in [0.2, 0.25) is 10.0 Å². The number of hydrogen-bond acceptors (Lipinski definition) is 8. The number of nitrogens with zero attached hydrogens (tertiary/aromatic N) is 3. The molecule has 2 aromatic carbocycles. The Balaban J connectivity index is 2.07. The maximum Gasteiger partial charge on any atom is 0.325 e. The molecule has 35 heavy (non-hydrogen) atoms. The standard InChI is InChI=1S/C22H25N3O7S3/c1-14(2)24(3)35(30,31)16-8-6-15(7-9-16)21(27)23-22-25(13-20(26)32-4)18-11-10-17(34(5,28)29)12-19(18)33-22/h6-12,14H,13H2,1-5H3. The Labute approximate surface area is 207 Å². The molecule has 1 heterocycles. The zero-order valence-corrected chi connectivity index (χ0v) is 22.2. The minimum Gasteiger partial charge on any atom is -0.468 e. The van der Waals surface area contributed by atoms with Crippen molar-refractivity contribution in [2.75, 3.05) is 20.4 Å². The maximum atomic E-state index is 12.9. The summed E-state index contributed by atoms with van der Waals surface area (Å²) < 4.78 is 57.1. The van der Waals surface area contributed by atoms with Gasteiger partial charge >= 0.3 is 5.97 Å². The molecule has 3 rings (SSSR count). The SMILES string of the molecule is COC(=O)Cn1c(=NC(=O)c2ccc(S(=O)(=O)N(C)C(C)C)cc2)sc2cc(S(C)(=O)=O)ccc21. The normalized spacial score (nSPS) is 13.1. The Morgan fingerprint density at radius 2 is 1.66 bits per heavy atom. The number of carbonyl (C=O) groups is 2. The van der Waals surface area contributed by atoms with E-state index in [1.165, 1.54) is 59.4 Å². The number of ether oxygens (including phenoxy) is 1. The molecule has 13 heteroatoms. The van der Waals surface area contributed by atoms with Gasteiger partial charge in [0.15, 0.2) is 14.6 Å². The van der Waals surface area contributed by atoms with Gasteiger partial charge in [-0.1, -0.05) is 11.3 Å². The number of rotatable bonds is 7. The van der Waals surface area contributed by atoms with E-state index < -0.39 is 31.7 Å². The lowest BCUT2D eigenvalue weighted by molar-refractivity contribution is -0.141. The van der Waals surface area contributed by atoms with E-state index in [1.807, 2.05) is 0 Å². The summed E-state index contributed by atoms with van der Waals surface area (Å²) in [5.74, 6) is -1.23. The van der Waals surface area contributed by atoms with Crippen LogP contribution in [0.1, 0.15) is 24.2 Å². The van der Waals surface area contributed by atoms with Crippen molar-refractivity contribution in [1.29, 1.82) is 0 Å². The molecule has 0 fully saturated rings. The molecule has 0 aliphatic carbocycles. The number of carbonyl (C=O) groups excluding carboxylic acids is 2. The molecule has 0 aliphatic rings. The van der Waals surface area contributed by atoms with Gasteiger partial charge in [-0.2, -0.15) is 9.30 Å². The summed E-state index contributed by atoms with van der Waals surface area (Å²) in [6, 6.07) is 9.58. The number of amides is 1. The molecule has 1 amide bonds. The molecular formula is C22H25N3O7S3. The lowest BCUT2D eigenvalue weighted by atomic mass is 10.2. The smallest absolute Gasteiger partial charge is 0.325 e. The lowest BCUT2D eigenvalue weighted by Gasteiger charge is -2.20. The lowest BCUT2D eigenvalue weighted by Crippen LogP contribution is -2.33. The summed E-state index contributed by atoms with van der Waals surface area (Å²) in [6.07, 6.45) is 1.09. The van der Waals surface area contributed by atoms with E-state index in [2.05, 4.69) is 4.99 Å². The minimum atomic E-state index is -3.71. The molecule has 0 bridgehead atoms. The predicted octanol–water partition coefficient (Wildman–Crippen LogP) is 2.05. The van der Waals surface area contributed by atoms with E-state index in [-0.39, 0.29) is 32.7 Å². The Hall–Kier alpha value is -2.87. The zero-order chi connectivity index (χ0) is 26.1. The van der Waals surface area contributed by atoms with E-state index in [0.717, 1.165) is 17.6 Å².